The minimum absolute atomic E-state index is 0.00778. The summed E-state index contributed by atoms with van der Waals surface area (Å²) in [6.45, 7) is 4.90. The van der Waals surface area contributed by atoms with Crippen molar-refractivity contribution in [3.63, 3.8) is 0 Å². The van der Waals surface area contributed by atoms with Gasteiger partial charge in [0.15, 0.2) is 0 Å². The largest absolute Gasteiger partial charge is 0.497 e. The fraction of sp³-hybridized carbons (Fsp3) is 0.636. The highest BCUT2D eigenvalue weighted by atomic mass is 16.5. The van der Waals surface area contributed by atoms with Crippen molar-refractivity contribution in [1.29, 1.82) is 0 Å². The molecule has 2 unspecified atom stereocenters. The molecular formula is C22H32N2O4. The number of likely N-dealkylation sites (tertiary alicyclic amines) is 1. The number of nitrogens with one attached hydrogen (secondary N) is 1. The van der Waals surface area contributed by atoms with Gasteiger partial charge < -0.3 is 19.7 Å². The first-order valence-electron chi connectivity index (χ1n) is 10.3. The first-order chi connectivity index (χ1) is 13.4. The quantitative estimate of drug-likeness (QED) is 0.814. The smallest absolute Gasteiger partial charge is 0.225 e. The van der Waals surface area contributed by atoms with Crippen LogP contribution in [0.3, 0.4) is 0 Å². The van der Waals surface area contributed by atoms with Gasteiger partial charge in [0.25, 0.3) is 0 Å². The van der Waals surface area contributed by atoms with Gasteiger partial charge in [0, 0.05) is 36.5 Å². The Morgan fingerprint density at radius 3 is 2.43 bits per heavy atom. The van der Waals surface area contributed by atoms with Gasteiger partial charge in [0.1, 0.15) is 11.5 Å². The third-order valence-corrected chi connectivity index (χ3v) is 5.94. The zero-order chi connectivity index (χ0) is 20.3. The molecule has 2 fully saturated rings. The molecule has 1 saturated heterocycles. The van der Waals surface area contributed by atoms with E-state index in [1.165, 1.54) is 0 Å². The Balaban J connectivity index is 1.91. The summed E-state index contributed by atoms with van der Waals surface area (Å²) in [5, 5.41) is 3.03. The van der Waals surface area contributed by atoms with Crippen molar-refractivity contribution in [2.45, 2.75) is 51.5 Å². The standard InChI is InChI=1S/C22H32N2O4/c1-14(2)23-21(25)19-13-24(22(26)15-7-5-6-8-15)12-18(19)17-11-16(27-3)9-10-20(17)28-4/h9-11,14-15,18-19H,5-8,12-13H2,1-4H3,(H,23,25). The van der Waals surface area contributed by atoms with Crippen LogP contribution in [0.15, 0.2) is 18.2 Å². The molecule has 1 saturated carbocycles. The predicted octanol–water partition coefficient (Wildman–Crippen LogP) is 2.96. The number of rotatable bonds is 6. The van der Waals surface area contributed by atoms with Crippen LogP contribution >= 0.6 is 0 Å². The fourth-order valence-corrected chi connectivity index (χ4v) is 4.52. The summed E-state index contributed by atoms with van der Waals surface area (Å²) in [5.41, 5.74) is 0.924. The average molecular weight is 389 g/mol. The Hall–Kier alpha value is -2.24. The van der Waals surface area contributed by atoms with Crippen molar-refractivity contribution >= 4 is 11.8 Å². The monoisotopic (exact) mass is 388 g/mol. The third kappa shape index (κ3) is 4.26. The van der Waals surface area contributed by atoms with Gasteiger partial charge in [0.2, 0.25) is 11.8 Å². The maximum Gasteiger partial charge on any atom is 0.225 e. The number of amides is 2. The van der Waals surface area contributed by atoms with Crippen LogP contribution in [-0.4, -0.2) is 50.1 Å². The Kier molecular flexibility index (Phi) is 6.47. The molecule has 2 atom stereocenters. The van der Waals surface area contributed by atoms with Gasteiger partial charge in [0.05, 0.1) is 20.1 Å². The highest BCUT2D eigenvalue weighted by Gasteiger charge is 2.43. The molecule has 0 radical (unpaired) electrons. The van der Waals surface area contributed by atoms with E-state index in [0.717, 1.165) is 42.7 Å². The summed E-state index contributed by atoms with van der Waals surface area (Å²) in [6.07, 6.45) is 4.17. The van der Waals surface area contributed by atoms with Crippen molar-refractivity contribution in [1.82, 2.24) is 10.2 Å². The Morgan fingerprint density at radius 2 is 1.82 bits per heavy atom. The lowest BCUT2D eigenvalue weighted by molar-refractivity contribution is -0.134. The summed E-state index contributed by atoms with van der Waals surface area (Å²) in [6, 6.07) is 5.71. The van der Waals surface area contributed by atoms with Crippen LogP contribution in [0.2, 0.25) is 0 Å². The molecule has 2 aliphatic rings. The summed E-state index contributed by atoms with van der Waals surface area (Å²) in [4.78, 5) is 27.9. The lowest BCUT2D eigenvalue weighted by Crippen LogP contribution is -2.39. The van der Waals surface area contributed by atoms with E-state index in [0.29, 0.717) is 13.1 Å². The molecule has 6 nitrogen and oxygen atoms in total. The second-order valence-electron chi connectivity index (χ2n) is 8.21. The van der Waals surface area contributed by atoms with Gasteiger partial charge in [-0.3, -0.25) is 9.59 Å². The van der Waals surface area contributed by atoms with E-state index in [9.17, 15) is 9.59 Å². The minimum Gasteiger partial charge on any atom is -0.497 e. The molecule has 0 spiro atoms. The van der Waals surface area contributed by atoms with Crippen molar-refractivity contribution in [3.8, 4) is 11.5 Å². The summed E-state index contributed by atoms with van der Waals surface area (Å²) in [7, 11) is 3.25. The molecule has 28 heavy (non-hydrogen) atoms. The Labute approximate surface area is 167 Å². The van der Waals surface area contributed by atoms with E-state index >= 15 is 0 Å². The number of methoxy groups -OCH3 is 2. The third-order valence-electron chi connectivity index (χ3n) is 5.94. The highest BCUT2D eigenvalue weighted by molar-refractivity contribution is 5.84. The second-order valence-corrected chi connectivity index (χ2v) is 8.21. The Morgan fingerprint density at radius 1 is 1.11 bits per heavy atom. The topological polar surface area (TPSA) is 67.9 Å². The lowest BCUT2D eigenvalue weighted by atomic mass is 9.87. The van der Waals surface area contributed by atoms with Gasteiger partial charge in [-0.15, -0.1) is 0 Å². The number of ether oxygens (including phenoxy) is 2. The van der Waals surface area contributed by atoms with Crippen molar-refractivity contribution < 1.29 is 19.1 Å². The molecule has 3 rings (SSSR count). The van der Waals surface area contributed by atoms with Crippen molar-refractivity contribution in [3.05, 3.63) is 23.8 Å². The molecule has 1 aliphatic heterocycles. The molecule has 1 N–H and O–H groups in total. The van der Waals surface area contributed by atoms with E-state index in [1.807, 2.05) is 36.9 Å². The van der Waals surface area contributed by atoms with Crippen LogP contribution in [0.4, 0.5) is 0 Å². The van der Waals surface area contributed by atoms with Crippen LogP contribution in [0.5, 0.6) is 11.5 Å². The molecule has 154 valence electrons. The van der Waals surface area contributed by atoms with Crippen LogP contribution in [0, 0.1) is 11.8 Å². The number of carbonyl (C=O) groups is 2. The lowest BCUT2D eigenvalue weighted by Gasteiger charge is -2.22. The van der Waals surface area contributed by atoms with E-state index in [4.69, 9.17) is 9.47 Å². The molecular weight excluding hydrogens is 356 g/mol. The molecule has 1 heterocycles. The number of nitrogens with zero attached hydrogens (tertiary/aromatic N) is 1. The zero-order valence-corrected chi connectivity index (χ0v) is 17.4. The summed E-state index contributed by atoms with van der Waals surface area (Å²) < 4.78 is 11.0. The predicted molar refractivity (Wildman–Crippen MR) is 108 cm³/mol. The molecule has 1 aromatic carbocycles. The molecule has 1 aliphatic carbocycles. The number of hydrogen-bond donors (Lipinski definition) is 1. The van der Waals surface area contributed by atoms with Gasteiger partial charge in [-0.25, -0.2) is 0 Å². The van der Waals surface area contributed by atoms with Crippen molar-refractivity contribution in [2.75, 3.05) is 27.3 Å². The molecule has 0 bridgehead atoms. The molecule has 6 heteroatoms. The van der Waals surface area contributed by atoms with Crippen molar-refractivity contribution in [2.24, 2.45) is 11.8 Å². The van der Waals surface area contributed by atoms with E-state index in [-0.39, 0.29) is 35.6 Å². The maximum absolute atomic E-state index is 13.0. The number of hydrogen-bond acceptors (Lipinski definition) is 4. The maximum atomic E-state index is 13.0. The van der Waals surface area contributed by atoms with Gasteiger partial charge in [-0.05, 0) is 44.9 Å². The highest BCUT2D eigenvalue weighted by Crippen LogP contribution is 2.40. The van der Waals surface area contributed by atoms with Crippen LogP contribution in [-0.2, 0) is 9.59 Å². The van der Waals surface area contributed by atoms with E-state index in [1.54, 1.807) is 14.2 Å². The normalized spacial score (nSPS) is 22.5. The minimum atomic E-state index is -0.297. The SMILES string of the molecule is COc1ccc(OC)c(C2CN(C(=O)C3CCCC3)CC2C(=O)NC(C)C)c1. The van der Waals surface area contributed by atoms with E-state index < -0.39 is 0 Å². The number of benzene rings is 1. The first kappa shape index (κ1) is 20.5. The van der Waals surface area contributed by atoms with Crippen LogP contribution < -0.4 is 14.8 Å². The van der Waals surface area contributed by atoms with Crippen LogP contribution in [0.1, 0.15) is 51.0 Å². The summed E-state index contributed by atoms with van der Waals surface area (Å²) in [5.74, 6) is 1.33. The van der Waals surface area contributed by atoms with E-state index in [2.05, 4.69) is 5.32 Å². The average Bonchev–Trinajstić information content (AvgIpc) is 3.36. The Bertz CT molecular complexity index is 712. The number of carbonyl (C=O) groups excluding carboxylic acids is 2. The first-order valence-corrected chi connectivity index (χ1v) is 10.3. The van der Waals surface area contributed by atoms with Gasteiger partial charge in [-0.1, -0.05) is 12.8 Å². The molecule has 1 aromatic rings. The van der Waals surface area contributed by atoms with Crippen LogP contribution in [0.25, 0.3) is 0 Å². The molecule has 0 aromatic heterocycles. The second kappa shape index (κ2) is 8.84. The van der Waals surface area contributed by atoms with Gasteiger partial charge in [-0.2, -0.15) is 0 Å². The summed E-state index contributed by atoms with van der Waals surface area (Å²) >= 11 is 0. The fourth-order valence-electron chi connectivity index (χ4n) is 4.52. The molecule has 2 amide bonds. The zero-order valence-electron chi connectivity index (χ0n) is 17.4. The van der Waals surface area contributed by atoms with Gasteiger partial charge >= 0.3 is 0 Å².